The molecule has 0 amide bonds. The molecular formula is C14H11Cl3O2. The quantitative estimate of drug-likeness (QED) is 0.805. The summed E-state index contributed by atoms with van der Waals surface area (Å²) in [6.45, 7) is 0. The van der Waals surface area contributed by atoms with Crippen LogP contribution in [0.2, 0.25) is 0 Å². The Morgan fingerprint density at radius 2 is 1.21 bits per heavy atom. The first kappa shape index (κ1) is 14.3. The summed E-state index contributed by atoms with van der Waals surface area (Å²) in [7, 11) is 0. The summed E-state index contributed by atoms with van der Waals surface area (Å²) in [5, 5.41) is 17.8. The van der Waals surface area contributed by atoms with E-state index in [2.05, 4.69) is 0 Å². The van der Waals surface area contributed by atoms with Crippen molar-refractivity contribution in [1.82, 2.24) is 0 Å². The largest absolute Gasteiger partial charge is 0.508 e. The van der Waals surface area contributed by atoms with Crippen molar-refractivity contribution in [3.8, 4) is 11.5 Å². The highest BCUT2D eigenvalue weighted by Gasteiger charge is 2.36. The summed E-state index contributed by atoms with van der Waals surface area (Å²) < 4.78 is -1.34. The highest BCUT2D eigenvalue weighted by Crippen LogP contribution is 2.49. The molecule has 0 aromatic heterocycles. The maximum Gasteiger partial charge on any atom is 0.163 e. The molecule has 2 N–H and O–H groups in total. The van der Waals surface area contributed by atoms with Gasteiger partial charge in [0.1, 0.15) is 11.5 Å². The van der Waals surface area contributed by atoms with Gasteiger partial charge in [0.25, 0.3) is 0 Å². The second-order valence-corrected chi connectivity index (χ2v) is 5.95. The second kappa shape index (κ2) is 5.49. The predicted octanol–water partition coefficient (Wildman–Crippen LogP) is 4.71. The first-order valence-corrected chi connectivity index (χ1v) is 6.71. The highest BCUT2D eigenvalue weighted by molar-refractivity contribution is 6.51. The van der Waals surface area contributed by atoms with E-state index < -0.39 is 9.71 Å². The molecule has 0 heterocycles. The van der Waals surface area contributed by atoms with Crippen LogP contribution in [0.3, 0.4) is 0 Å². The lowest BCUT2D eigenvalue weighted by atomic mass is 10.0. The zero-order valence-electron chi connectivity index (χ0n) is 9.72. The fourth-order valence-corrected chi connectivity index (χ4v) is 2.46. The van der Waals surface area contributed by atoms with Gasteiger partial charge in [0.15, 0.2) is 4.33 Å². The standard InChI is InChI=1S/C14H11Cl3O2/c15-13(9-1-5-11(18)6-2-9)14(16,17)10-3-7-12(19)8-4-10/h1-8,13,18-19H. The molecule has 0 saturated carbocycles. The van der Waals surface area contributed by atoms with Crippen molar-refractivity contribution in [1.29, 1.82) is 0 Å². The van der Waals surface area contributed by atoms with Gasteiger partial charge in [-0.2, -0.15) is 0 Å². The number of benzene rings is 2. The van der Waals surface area contributed by atoms with Crippen molar-refractivity contribution in [2.75, 3.05) is 0 Å². The normalized spacial score (nSPS) is 13.2. The minimum absolute atomic E-state index is 0.128. The van der Waals surface area contributed by atoms with Gasteiger partial charge in [0, 0.05) is 0 Å². The predicted molar refractivity (Wildman–Crippen MR) is 78.2 cm³/mol. The number of phenols is 2. The molecule has 19 heavy (non-hydrogen) atoms. The second-order valence-electron chi connectivity index (χ2n) is 4.12. The van der Waals surface area contributed by atoms with Gasteiger partial charge in [-0.25, -0.2) is 0 Å². The Morgan fingerprint density at radius 1 is 0.789 bits per heavy atom. The van der Waals surface area contributed by atoms with E-state index in [1.54, 1.807) is 24.3 Å². The molecule has 2 aromatic rings. The van der Waals surface area contributed by atoms with Crippen molar-refractivity contribution in [2.45, 2.75) is 9.71 Å². The minimum Gasteiger partial charge on any atom is -0.508 e. The molecular weight excluding hydrogens is 307 g/mol. The van der Waals surface area contributed by atoms with Crippen LogP contribution in [0, 0.1) is 0 Å². The van der Waals surface area contributed by atoms with E-state index in [4.69, 9.17) is 34.8 Å². The molecule has 100 valence electrons. The molecule has 0 spiro atoms. The summed E-state index contributed by atoms with van der Waals surface area (Å²) >= 11 is 19.0. The lowest BCUT2D eigenvalue weighted by molar-refractivity contribution is 0.474. The van der Waals surface area contributed by atoms with Gasteiger partial charge >= 0.3 is 0 Å². The molecule has 0 radical (unpaired) electrons. The SMILES string of the molecule is Oc1ccc(C(Cl)C(Cl)(Cl)c2ccc(O)cc2)cc1. The number of aromatic hydroxyl groups is 2. The molecule has 5 heteroatoms. The number of hydrogen-bond acceptors (Lipinski definition) is 2. The third-order valence-corrected chi connectivity index (χ3v) is 4.43. The summed E-state index contributed by atoms with van der Waals surface area (Å²) in [6.07, 6.45) is 0. The van der Waals surface area contributed by atoms with Crippen LogP contribution >= 0.6 is 34.8 Å². The lowest BCUT2D eigenvalue weighted by Gasteiger charge is -2.26. The van der Waals surface area contributed by atoms with Crippen molar-refractivity contribution in [3.63, 3.8) is 0 Å². The molecule has 0 aliphatic heterocycles. The van der Waals surface area contributed by atoms with Gasteiger partial charge in [-0.15, -0.1) is 11.6 Å². The van der Waals surface area contributed by atoms with Gasteiger partial charge in [-0.1, -0.05) is 47.5 Å². The molecule has 0 saturated heterocycles. The van der Waals surface area contributed by atoms with E-state index in [0.29, 0.717) is 11.1 Å². The van der Waals surface area contributed by atoms with Gasteiger partial charge in [0.2, 0.25) is 0 Å². The van der Waals surface area contributed by atoms with Crippen LogP contribution in [0.15, 0.2) is 48.5 Å². The van der Waals surface area contributed by atoms with E-state index in [1.807, 2.05) is 0 Å². The van der Waals surface area contributed by atoms with Crippen LogP contribution in [0.25, 0.3) is 0 Å². The number of rotatable bonds is 3. The van der Waals surface area contributed by atoms with Crippen molar-refractivity contribution in [2.24, 2.45) is 0 Å². The summed E-state index contributed by atoms with van der Waals surface area (Å²) in [6, 6.07) is 12.6. The minimum atomic E-state index is -1.34. The lowest BCUT2D eigenvalue weighted by Crippen LogP contribution is -2.17. The number of halogens is 3. The Balaban J connectivity index is 2.32. The van der Waals surface area contributed by atoms with Gasteiger partial charge in [-0.3, -0.25) is 0 Å². The van der Waals surface area contributed by atoms with Crippen LogP contribution in [-0.4, -0.2) is 10.2 Å². The Hall–Kier alpha value is -1.09. The molecule has 0 aliphatic rings. The smallest absolute Gasteiger partial charge is 0.163 e. The van der Waals surface area contributed by atoms with Crippen LogP contribution in [0.4, 0.5) is 0 Å². The molecule has 0 fully saturated rings. The zero-order valence-corrected chi connectivity index (χ0v) is 12.0. The fourth-order valence-electron chi connectivity index (χ4n) is 1.68. The Bertz CT molecular complexity index is 550. The number of phenolic OH excluding ortho intramolecular Hbond substituents is 2. The maximum absolute atomic E-state index is 9.26. The van der Waals surface area contributed by atoms with E-state index >= 15 is 0 Å². The molecule has 0 aliphatic carbocycles. The summed E-state index contributed by atoms with van der Waals surface area (Å²) in [4.78, 5) is 0. The first-order chi connectivity index (χ1) is 8.91. The average molecular weight is 318 g/mol. The summed E-state index contributed by atoms with van der Waals surface area (Å²) in [5.74, 6) is 0.274. The van der Waals surface area contributed by atoms with E-state index in [9.17, 15) is 10.2 Å². The highest BCUT2D eigenvalue weighted by atomic mass is 35.5. The Morgan fingerprint density at radius 3 is 1.68 bits per heavy atom. The first-order valence-electron chi connectivity index (χ1n) is 5.51. The Kier molecular flexibility index (Phi) is 4.14. The van der Waals surface area contributed by atoms with Crippen LogP contribution in [0.5, 0.6) is 11.5 Å². The Labute approximate surface area is 126 Å². The van der Waals surface area contributed by atoms with Crippen LogP contribution in [0.1, 0.15) is 16.5 Å². The third kappa shape index (κ3) is 3.08. The third-order valence-electron chi connectivity index (χ3n) is 2.76. The van der Waals surface area contributed by atoms with E-state index in [-0.39, 0.29) is 11.5 Å². The van der Waals surface area contributed by atoms with Crippen LogP contribution < -0.4 is 0 Å². The maximum atomic E-state index is 9.26. The number of alkyl halides is 3. The summed E-state index contributed by atoms with van der Waals surface area (Å²) in [5.41, 5.74) is 1.28. The zero-order chi connectivity index (χ0) is 14.0. The van der Waals surface area contributed by atoms with Gasteiger partial charge in [-0.05, 0) is 35.4 Å². The van der Waals surface area contributed by atoms with Crippen molar-refractivity contribution < 1.29 is 10.2 Å². The fraction of sp³-hybridized carbons (Fsp3) is 0.143. The van der Waals surface area contributed by atoms with Crippen molar-refractivity contribution >= 4 is 34.8 Å². The average Bonchev–Trinajstić information content (AvgIpc) is 2.39. The number of hydrogen-bond donors (Lipinski definition) is 2. The van der Waals surface area contributed by atoms with E-state index in [0.717, 1.165) is 0 Å². The van der Waals surface area contributed by atoms with E-state index in [1.165, 1.54) is 24.3 Å². The molecule has 1 unspecified atom stereocenters. The monoisotopic (exact) mass is 316 g/mol. The van der Waals surface area contributed by atoms with Gasteiger partial charge in [0.05, 0.1) is 5.38 Å². The van der Waals surface area contributed by atoms with Gasteiger partial charge < -0.3 is 10.2 Å². The van der Waals surface area contributed by atoms with Crippen molar-refractivity contribution in [3.05, 3.63) is 59.7 Å². The molecule has 2 aromatic carbocycles. The topological polar surface area (TPSA) is 40.5 Å². The molecule has 1 atom stereocenters. The molecule has 0 bridgehead atoms. The van der Waals surface area contributed by atoms with Crippen LogP contribution in [-0.2, 0) is 4.33 Å². The molecule has 2 rings (SSSR count). The molecule has 2 nitrogen and oxygen atoms in total.